The third kappa shape index (κ3) is 3.72. The van der Waals surface area contributed by atoms with Crippen LogP contribution in [0.3, 0.4) is 0 Å². The molecule has 0 fully saturated rings. The summed E-state index contributed by atoms with van der Waals surface area (Å²) in [5.41, 5.74) is 0.610. The number of nitrogens with one attached hydrogen (secondary N) is 1. The molecule has 0 aromatic heterocycles. The lowest BCUT2D eigenvalue weighted by Gasteiger charge is -2.04. The van der Waals surface area contributed by atoms with Crippen LogP contribution in [0.25, 0.3) is 0 Å². The van der Waals surface area contributed by atoms with Gasteiger partial charge in [0, 0.05) is 12.0 Å². The van der Waals surface area contributed by atoms with E-state index in [4.69, 9.17) is 16.7 Å². The number of hydrogen-bond acceptors (Lipinski definition) is 3. The van der Waals surface area contributed by atoms with Crippen molar-refractivity contribution in [2.24, 2.45) is 0 Å². The maximum absolute atomic E-state index is 11.5. The Bertz CT molecular complexity index is 558. The quantitative estimate of drug-likeness (QED) is 0.807. The lowest BCUT2D eigenvalue weighted by atomic mass is 10.2. The summed E-state index contributed by atoms with van der Waals surface area (Å²) >= 11 is 5.87. The van der Waals surface area contributed by atoms with Crippen LogP contribution in [-0.2, 0) is 10.0 Å². The molecule has 0 unspecified atom stereocenters. The first kappa shape index (κ1) is 14.0. The lowest BCUT2D eigenvalue weighted by Crippen LogP contribution is -2.18. The van der Waals surface area contributed by atoms with Crippen LogP contribution in [0.2, 0.25) is 5.02 Å². The molecule has 1 aromatic rings. The van der Waals surface area contributed by atoms with Crippen LogP contribution in [0.4, 0.5) is 0 Å². The maximum atomic E-state index is 11.5. The number of sulfonamides is 1. The number of benzene rings is 1. The average molecular weight is 274 g/mol. The molecule has 92 valence electrons. The minimum Gasteiger partial charge on any atom is -0.395 e. The van der Waals surface area contributed by atoms with Gasteiger partial charge in [-0.25, -0.2) is 13.1 Å². The van der Waals surface area contributed by atoms with Crippen LogP contribution in [0, 0.1) is 11.8 Å². The van der Waals surface area contributed by atoms with Gasteiger partial charge in [0.15, 0.2) is 0 Å². The van der Waals surface area contributed by atoms with E-state index in [0.29, 0.717) is 12.0 Å². The first-order valence-electron chi connectivity index (χ1n) is 4.84. The van der Waals surface area contributed by atoms with Crippen molar-refractivity contribution in [3.05, 3.63) is 28.8 Å². The fourth-order valence-electron chi connectivity index (χ4n) is 1.13. The Labute approximate surface area is 106 Å². The second-order valence-electron chi connectivity index (χ2n) is 3.13. The van der Waals surface area contributed by atoms with Gasteiger partial charge in [-0.1, -0.05) is 23.4 Å². The highest BCUT2D eigenvalue weighted by Gasteiger charge is 2.15. The van der Waals surface area contributed by atoms with E-state index in [1.165, 1.54) is 19.2 Å². The molecule has 4 nitrogen and oxygen atoms in total. The summed E-state index contributed by atoms with van der Waals surface area (Å²) in [6, 6.07) is 4.45. The molecule has 17 heavy (non-hydrogen) atoms. The standard InChI is InChI=1S/C11H12ClNO3S/c1-13-17(15,16)11-6-5-9(8-10(11)12)4-2-3-7-14/h5-6,8,13-14H,3,7H2,1H3. The van der Waals surface area contributed by atoms with Gasteiger partial charge >= 0.3 is 0 Å². The first-order chi connectivity index (χ1) is 8.01. The van der Waals surface area contributed by atoms with Crippen molar-refractivity contribution >= 4 is 21.6 Å². The third-order valence-corrected chi connectivity index (χ3v) is 3.86. The maximum Gasteiger partial charge on any atom is 0.241 e. The van der Waals surface area contributed by atoms with Crippen LogP contribution < -0.4 is 4.72 Å². The van der Waals surface area contributed by atoms with E-state index < -0.39 is 10.0 Å². The summed E-state index contributed by atoms with van der Waals surface area (Å²) < 4.78 is 25.2. The van der Waals surface area contributed by atoms with E-state index in [1.54, 1.807) is 6.07 Å². The van der Waals surface area contributed by atoms with Crippen molar-refractivity contribution < 1.29 is 13.5 Å². The molecule has 2 N–H and O–H groups in total. The SMILES string of the molecule is CNS(=O)(=O)c1ccc(C#CCCO)cc1Cl. The molecule has 0 radical (unpaired) electrons. The third-order valence-electron chi connectivity index (χ3n) is 1.96. The highest BCUT2D eigenvalue weighted by atomic mass is 35.5. The number of aliphatic hydroxyl groups is 1. The monoisotopic (exact) mass is 273 g/mol. The highest BCUT2D eigenvalue weighted by Crippen LogP contribution is 2.21. The largest absolute Gasteiger partial charge is 0.395 e. The summed E-state index contributed by atoms with van der Waals surface area (Å²) in [6.07, 6.45) is 0.369. The topological polar surface area (TPSA) is 66.4 Å². The minimum atomic E-state index is -3.54. The van der Waals surface area contributed by atoms with Gasteiger partial charge in [0.2, 0.25) is 10.0 Å². The molecular weight excluding hydrogens is 262 g/mol. The molecule has 0 saturated heterocycles. The van der Waals surface area contributed by atoms with Gasteiger partial charge in [-0.15, -0.1) is 0 Å². The van der Waals surface area contributed by atoms with Crippen molar-refractivity contribution in [2.45, 2.75) is 11.3 Å². The van der Waals surface area contributed by atoms with Crippen molar-refractivity contribution in [3.63, 3.8) is 0 Å². The van der Waals surface area contributed by atoms with Gasteiger partial charge in [-0.2, -0.15) is 0 Å². The molecule has 0 atom stereocenters. The summed E-state index contributed by atoms with van der Waals surface area (Å²) in [6.45, 7) is -0.00699. The van der Waals surface area contributed by atoms with Crippen molar-refractivity contribution in [1.29, 1.82) is 0 Å². The summed E-state index contributed by atoms with van der Waals surface area (Å²) in [5, 5.41) is 8.69. The second-order valence-corrected chi connectivity index (χ2v) is 5.39. The molecule has 0 aliphatic heterocycles. The Hall–Kier alpha value is -1.06. The van der Waals surface area contributed by atoms with Gasteiger partial charge in [0.25, 0.3) is 0 Å². The van der Waals surface area contributed by atoms with E-state index in [-0.39, 0.29) is 16.5 Å². The summed E-state index contributed by atoms with van der Waals surface area (Å²) in [7, 11) is -2.22. The summed E-state index contributed by atoms with van der Waals surface area (Å²) in [5.74, 6) is 5.50. The minimum absolute atomic E-state index is 0.00699. The first-order valence-corrected chi connectivity index (χ1v) is 6.70. The second kappa shape index (κ2) is 6.03. The molecule has 0 saturated carbocycles. The Balaban J connectivity index is 3.08. The van der Waals surface area contributed by atoms with Crippen molar-refractivity contribution in [3.8, 4) is 11.8 Å². The van der Waals surface area contributed by atoms with Gasteiger partial charge in [-0.3, -0.25) is 0 Å². The number of hydrogen-bond donors (Lipinski definition) is 2. The van der Waals surface area contributed by atoms with Crippen LogP contribution in [0.5, 0.6) is 0 Å². The average Bonchev–Trinajstić information content (AvgIpc) is 2.29. The molecule has 0 heterocycles. The van der Waals surface area contributed by atoms with Crippen LogP contribution in [-0.4, -0.2) is 27.2 Å². The predicted molar refractivity (Wildman–Crippen MR) is 66.3 cm³/mol. The smallest absolute Gasteiger partial charge is 0.241 e. The molecule has 0 aliphatic carbocycles. The highest BCUT2D eigenvalue weighted by molar-refractivity contribution is 7.89. The van der Waals surface area contributed by atoms with E-state index in [2.05, 4.69) is 16.6 Å². The number of rotatable bonds is 3. The van der Waals surface area contributed by atoms with Gasteiger partial charge in [-0.05, 0) is 25.2 Å². The zero-order valence-corrected chi connectivity index (χ0v) is 10.8. The fraction of sp³-hybridized carbons (Fsp3) is 0.273. The molecule has 0 aliphatic rings. The summed E-state index contributed by atoms with van der Waals surface area (Å²) in [4.78, 5) is 0.0226. The molecule has 0 spiro atoms. The molecule has 1 rings (SSSR count). The van der Waals surface area contributed by atoms with Crippen LogP contribution in [0.15, 0.2) is 23.1 Å². The van der Waals surface area contributed by atoms with Gasteiger partial charge in [0.1, 0.15) is 4.90 Å². The van der Waals surface area contributed by atoms with Crippen LogP contribution >= 0.6 is 11.6 Å². The van der Waals surface area contributed by atoms with Crippen molar-refractivity contribution in [2.75, 3.05) is 13.7 Å². The van der Waals surface area contributed by atoms with Gasteiger partial charge in [0.05, 0.1) is 11.6 Å². The van der Waals surface area contributed by atoms with E-state index >= 15 is 0 Å². The van der Waals surface area contributed by atoms with Crippen LogP contribution in [0.1, 0.15) is 12.0 Å². The zero-order chi connectivity index (χ0) is 12.9. The zero-order valence-electron chi connectivity index (χ0n) is 9.20. The van der Waals surface area contributed by atoms with E-state index in [9.17, 15) is 8.42 Å². The molecule has 0 bridgehead atoms. The Morgan fingerprint density at radius 2 is 2.18 bits per heavy atom. The Morgan fingerprint density at radius 3 is 2.71 bits per heavy atom. The van der Waals surface area contributed by atoms with E-state index in [0.717, 1.165) is 0 Å². The number of aliphatic hydroxyl groups excluding tert-OH is 1. The molecular formula is C11H12ClNO3S. The Kier molecular flexibility index (Phi) is 4.97. The van der Waals surface area contributed by atoms with Crippen molar-refractivity contribution in [1.82, 2.24) is 4.72 Å². The lowest BCUT2D eigenvalue weighted by molar-refractivity contribution is 0.305. The van der Waals surface area contributed by atoms with E-state index in [1.807, 2.05) is 0 Å². The Morgan fingerprint density at radius 1 is 1.47 bits per heavy atom. The molecule has 6 heteroatoms. The fourth-order valence-corrected chi connectivity index (χ4v) is 2.39. The molecule has 1 aromatic carbocycles. The predicted octanol–water partition coefficient (Wildman–Crippen LogP) is 0.982. The van der Waals surface area contributed by atoms with Gasteiger partial charge < -0.3 is 5.11 Å². The number of halogens is 1. The normalized spacial score (nSPS) is 10.8. The molecule has 0 amide bonds.